The van der Waals surface area contributed by atoms with Crippen LogP contribution < -0.4 is 10.0 Å². The van der Waals surface area contributed by atoms with E-state index < -0.39 is 10.0 Å². The van der Waals surface area contributed by atoms with Gasteiger partial charge in [-0.2, -0.15) is 4.98 Å². The van der Waals surface area contributed by atoms with Crippen molar-refractivity contribution in [1.29, 1.82) is 0 Å². The van der Waals surface area contributed by atoms with Gasteiger partial charge in [0.25, 0.3) is 5.89 Å². The molecule has 0 saturated heterocycles. The smallest absolute Gasteiger partial charge is 0.257 e. The highest BCUT2D eigenvalue weighted by atomic mass is 32.2. The summed E-state index contributed by atoms with van der Waals surface area (Å²) in [5.41, 5.74) is 0.689. The van der Waals surface area contributed by atoms with Gasteiger partial charge >= 0.3 is 0 Å². The van der Waals surface area contributed by atoms with E-state index in [2.05, 4.69) is 20.2 Å². The fourth-order valence-electron chi connectivity index (χ4n) is 1.97. The normalized spacial score (nSPS) is 13.4. The van der Waals surface area contributed by atoms with Crippen LogP contribution in [0.25, 0.3) is 11.5 Å². The molecule has 0 amide bonds. The summed E-state index contributed by atoms with van der Waals surface area (Å²) in [5, 5.41) is 7.05. The predicted octanol–water partition coefficient (Wildman–Crippen LogP) is 1.82. The van der Waals surface area contributed by atoms with Crippen molar-refractivity contribution in [1.82, 2.24) is 20.2 Å². The number of benzene rings is 1. The summed E-state index contributed by atoms with van der Waals surface area (Å²) in [6.07, 6.45) is 0.658. The lowest BCUT2D eigenvalue weighted by atomic mass is 10.2. The molecular weight excluding hydrogens is 328 g/mol. The molecule has 1 heterocycles. The molecule has 0 aliphatic rings. The highest BCUT2D eigenvalue weighted by molar-refractivity contribution is 7.89. The number of nitrogens with zero attached hydrogens (tertiary/aromatic N) is 2. The molecule has 2 N–H and O–H groups in total. The standard InChI is InChI=1S/C16H24N4O3S/c1-11(2)10-18-24(21,22)14-7-5-13(6-8-14)16-19-15(20-23-16)9-12(3)17-4/h5-8,11-12,17-18H,9-10H2,1-4H3. The van der Waals surface area contributed by atoms with Gasteiger partial charge in [0, 0.05) is 24.6 Å². The van der Waals surface area contributed by atoms with Gasteiger partial charge in [0.1, 0.15) is 0 Å². The van der Waals surface area contributed by atoms with E-state index in [0.29, 0.717) is 30.2 Å². The second kappa shape index (κ2) is 7.87. The number of hydrogen-bond donors (Lipinski definition) is 2. The van der Waals surface area contributed by atoms with Gasteiger partial charge in [-0.3, -0.25) is 0 Å². The molecule has 0 fully saturated rings. The number of sulfonamides is 1. The Hall–Kier alpha value is -1.77. The second-order valence-electron chi connectivity index (χ2n) is 6.18. The third-order valence-electron chi connectivity index (χ3n) is 3.54. The van der Waals surface area contributed by atoms with Crippen molar-refractivity contribution in [2.75, 3.05) is 13.6 Å². The molecule has 7 nitrogen and oxygen atoms in total. The molecule has 1 aromatic carbocycles. The highest BCUT2D eigenvalue weighted by Gasteiger charge is 2.16. The van der Waals surface area contributed by atoms with Crippen molar-refractivity contribution in [3.8, 4) is 11.5 Å². The number of likely N-dealkylation sites (N-methyl/N-ethyl adjacent to an activating group) is 1. The molecule has 0 aliphatic heterocycles. The van der Waals surface area contributed by atoms with Crippen molar-refractivity contribution >= 4 is 10.0 Å². The van der Waals surface area contributed by atoms with Gasteiger partial charge in [-0.1, -0.05) is 19.0 Å². The largest absolute Gasteiger partial charge is 0.334 e. The first-order valence-electron chi connectivity index (χ1n) is 7.91. The number of aromatic nitrogens is 2. The van der Waals surface area contributed by atoms with Crippen LogP contribution in [0.1, 0.15) is 26.6 Å². The van der Waals surface area contributed by atoms with E-state index in [-0.39, 0.29) is 16.9 Å². The first kappa shape index (κ1) is 18.6. The zero-order chi connectivity index (χ0) is 17.7. The lowest BCUT2D eigenvalue weighted by Gasteiger charge is -2.08. The summed E-state index contributed by atoms with van der Waals surface area (Å²) in [7, 11) is -1.62. The Labute approximate surface area is 142 Å². The average Bonchev–Trinajstić information content (AvgIpc) is 3.01. The first-order valence-corrected chi connectivity index (χ1v) is 9.40. The minimum Gasteiger partial charge on any atom is -0.334 e. The maximum absolute atomic E-state index is 12.2. The van der Waals surface area contributed by atoms with Crippen LogP contribution in [0.3, 0.4) is 0 Å². The van der Waals surface area contributed by atoms with Gasteiger partial charge in [-0.25, -0.2) is 13.1 Å². The second-order valence-corrected chi connectivity index (χ2v) is 7.95. The zero-order valence-corrected chi connectivity index (χ0v) is 15.2. The van der Waals surface area contributed by atoms with Crippen LogP contribution in [0.15, 0.2) is 33.7 Å². The van der Waals surface area contributed by atoms with Crippen molar-refractivity contribution < 1.29 is 12.9 Å². The van der Waals surface area contributed by atoms with Crippen LogP contribution in [0.4, 0.5) is 0 Å². The molecule has 0 saturated carbocycles. The van der Waals surface area contributed by atoms with Gasteiger partial charge in [0.15, 0.2) is 5.82 Å². The molecule has 1 unspecified atom stereocenters. The van der Waals surface area contributed by atoms with Crippen LogP contribution >= 0.6 is 0 Å². The first-order chi connectivity index (χ1) is 11.3. The fourth-order valence-corrected chi connectivity index (χ4v) is 3.18. The van der Waals surface area contributed by atoms with Crippen LogP contribution in [0, 0.1) is 5.92 Å². The molecule has 8 heteroatoms. The van der Waals surface area contributed by atoms with E-state index in [1.807, 2.05) is 27.8 Å². The minimum absolute atomic E-state index is 0.218. The van der Waals surface area contributed by atoms with Crippen LogP contribution in [0.2, 0.25) is 0 Å². The molecule has 2 aromatic rings. The number of hydrogen-bond acceptors (Lipinski definition) is 6. The van der Waals surface area contributed by atoms with Crippen LogP contribution in [-0.4, -0.2) is 38.2 Å². The molecule has 132 valence electrons. The third-order valence-corrected chi connectivity index (χ3v) is 4.98. The summed E-state index contributed by atoms with van der Waals surface area (Å²) < 4.78 is 32.2. The zero-order valence-electron chi connectivity index (χ0n) is 14.4. The molecule has 0 radical (unpaired) electrons. The van der Waals surface area contributed by atoms with E-state index in [9.17, 15) is 8.42 Å². The van der Waals surface area contributed by atoms with Gasteiger partial charge in [-0.05, 0) is 44.2 Å². The van der Waals surface area contributed by atoms with E-state index >= 15 is 0 Å². The lowest BCUT2D eigenvalue weighted by Crippen LogP contribution is -2.27. The van der Waals surface area contributed by atoms with Crippen molar-refractivity contribution in [3.63, 3.8) is 0 Å². The Bertz CT molecular complexity index is 754. The molecule has 24 heavy (non-hydrogen) atoms. The fraction of sp³-hybridized carbons (Fsp3) is 0.500. The lowest BCUT2D eigenvalue weighted by molar-refractivity contribution is 0.418. The predicted molar refractivity (Wildman–Crippen MR) is 92.0 cm³/mol. The highest BCUT2D eigenvalue weighted by Crippen LogP contribution is 2.20. The minimum atomic E-state index is -3.49. The third kappa shape index (κ3) is 4.86. The summed E-state index contributed by atoms with van der Waals surface area (Å²) in [5.74, 6) is 1.24. The quantitative estimate of drug-likeness (QED) is 0.752. The Morgan fingerprint density at radius 3 is 2.42 bits per heavy atom. The molecule has 2 rings (SSSR count). The summed E-state index contributed by atoms with van der Waals surface area (Å²) in [6.45, 7) is 6.34. The Kier molecular flexibility index (Phi) is 6.09. The SMILES string of the molecule is CNC(C)Cc1noc(-c2ccc(S(=O)(=O)NCC(C)C)cc2)n1. The Morgan fingerprint density at radius 1 is 1.17 bits per heavy atom. The molecule has 1 atom stereocenters. The summed E-state index contributed by atoms with van der Waals surface area (Å²) in [4.78, 5) is 4.55. The van der Waals surface area contributed by atoms with E-state index in [1.54, 1.807) is 12.1 Å². The summed E-state index contributed by atoms with van der Waals surface area (Å²) in [6, 6.07) is 6.66. The molecule has 1 aromatic heterocycles. The number of rotatable bonds is 8. The van der Waals surface area contributed by atoms with Gasteiger partial charge < -0.3 is 9.84 Å². The van der Waals surface area contributed by atoms with Gasteiger partial charge in [-0.15, -0.1) is 0 Å². The van der Waals surface area contributed by atoms with Crippen LogP contribution in [-0.2, 0) is 16.4 Å². The molecular formula is C16H24N4O3S. The number of nitrogens with one attached hydrogen (secondary N) is 2. The van der Waals surface area contributed by atoms with Crippen molar-refractivity contribution in [2.24, 2.45) is 5.92 Å². The van der Waals surface area contributed by atoms with Crippen molar-refractivity contribution in [2.45, 2.75) is 38.1 Å². The Morgan fingerprint density at radius 2 is 1.83 bits per heavy atom. The average molecular weight is 352 g/mol. The van der Waals surface area contributed by atoms with Gasteiger partial charge in [0.2, 0.25) is 10.0 Å². The monoisotopic (exact) mass is 352 g/mol. The molecule has 0 spiro atoms. The maximum Gasteiger partial charge on any atom is 0.257 e. The molecule has 0 aliphatic carbocycles. The van der Waals surface area contributed by atoms with E-state index in [1.165, 1.54) is 12.1 Å². The van der Waals surface area contributed by atoms with Crippen molar-refractivity contribution in [3.05, 3.63) is 30.1 Å². The Balaban J connectivity index is 2.12. The van der Waals surface area contributed by atoms with Crippen LogP contribution in [0.5, 0.6) is 0 Å². The van der Waals surface area contributed by atoms with Gasteiger partial charge in [0.05, 0.1) is 4.90 Å². The molecule has 0 bridgehead atoms. The maximum atomic E-state index is 12.2. The summed E-state index contributed by atoms with van der Waals surface area (Å²) >= 11 is 0. The van der Waals surface area contributed by atoms with E-state index in [4.69, 9.17) is 4.52 Å². The van der Waals surface area contributed by atoms with E-state index in [0.717, 1.165) is 0 Å². The topological polar surface area (TPSA) is 97.1 Å².